The number of rotatable bonds is 7. The molecule has 1 heterocycles. The van der Waals surface area contributed by atoms with Crippen molar-refractivity contribution in [2.45, 2.75) is 51.4 Å². The van der Waals surface area contributed by atoms with E-state index < -0.39 is 0 Å². The van der Waals surface area contributed by atoms with Crippen LogP contribution in [0.25, 0.3) is 0 Å². The highest BCUT2D eigenvalue weighted by Crippen LogP contribution is 2.16. The standard InChI is InChI=1S/C12H21NO3/c1-2-8-14-10-11(6-7-13)16-12-5-3-4-9-15-12/h11-12H,2-6,8-10H2,1H3. The normalized spacial score (nSPS) is 22.6. The third kappa shape index (κ3) is 5.45. The van der Waals surface area contributed by atoms with Gasteiger partial charge >= 0.3 is 0 Å². The van der Waals surface area contributed by atoms with E-state index in [2.05, 4.69) is 13.0 Å². The Balaban J connectivity index is 2.22. The lowest BCUT2D eigenvalue weighted by atomic mass is 10.2. The Labute approximate surface area is 97.5 Å². The highest BCUT2D eigenvalue weighted by Gasteiger charge is 2.19. The molecule has 1 aliphatic heterocycles. The second-order valence-corrected chi connectivity index (χ2v) is 3.99. The molecule has 1 saturated heterocycles. The summed E-state index contributed by atoms with van der Waals surface area (Å²) < 4.78 is 16.6. The van der Waals surface area contributed by atoms with Crippen LogP contribution in [0, 0.1) is 11.3 Å². The van der Waals surface area contributed by atoms with Crippen molar-refractivity contribution < 1.29 is 14.2 Å². The Morgan fingerprint density at radius 2 is 2.38 bits per heavy atom. The first kappa shape index (κ1) is 13.4. The number of hydrogen-bond acceptors (Lipinski definition) is 4. The molecule has 1 aliphatic rings. The zero-order chi connectivity index (χ0) is 11.6. The molecule has 4 nitrogen and oxygen atoms in total. The summed E-state index contributed by atoms with van der Waals surface area (Å²) in [5, 5.41) is 8.70. The molecule has 2 atom stereocenters. The van der Waals surface area contributed by atoms with Crippen molar-refractivity contribution in [3.05, 3.63) is 0 Å². The summed E-state index contributed by atoms with van der Waals surface area (Å²) >= 11 is 0. The van der Waals surface area contributed by atoms with E-state index in [1.54, 1.807) is 0 Å². The first-order valence-corrected chi connectivity index (χ1v) is 6.08. The average molecular weight is 227 g/mol. The van der Waals surface area contributed by atoms with Crippen molar-refractivity contribution in [3.63, 3.8) is 0 Å². The van der Waals surface area contributed by atoms with E-state index in [-0.39, 0.29) is 12.4 Å². The molecule has 0 N–H and O–H groups in total. The van der Waals surface area contributed by atoms with Gasteiger partial charge < -0.3 is 14.2 Å². The highest BCUT2D eigenvalue weighted by molar-refractivity contribution is 4.76. The molecule has 4 heteroatoms. The second kappa shape index (κ2) is 8.51. The maximum atomic E-state index is 8.70. The van der Waals surface area contributed by atoms with E-state index in [0.717, 1.165) is 38.9 Å². The predicted molar refractivity (Wildman–Crippen MR) is 59.8 cm³/mol. The van der Waals surface area contributed by atoms with Gasteiger partial charge in [0, 0.05) is 13.2 Å². The monoisotopic (exact) mass is 227 g/mol. The quantitative estimate of drug-likeness (QED) is 0.626. The topological polar surface area (TPSA) is 51.5 Å². The first-order chi connectivity index (χ1) is 7.86. The van der Waals surface area contributed by atoms with E-state index in [1.165, 1.54) is 0 Å². The molecule has 0 saturated carbocycles. The van der Waals surface area contributed by atoms with Gasteiger partial charge in [-0.2, -0.15) is 5.26 Å². The van der Waals surface area contributed by atoms with Gasteiger partial charge in [-0.15, -0.1) is 0 Å². The third-order valence-corrected chi connectivity index (χ3v) is 2.45. The predicted octanol–water partition coefficient (Wildman–Crippen LogP) is 2.24. The van der Waals surface area contributed by atoms with Gasteiger partial charge in [0.05, 0.1) is 25.2 Å². The fourth-order valence-corrected chi connectivity index (χ4v) is 1.64. The Kier molecular flexibility index (Phi) is 7.15. The molecule has 0 bridgehead atoms. The number of ether oxygens (including phenoxy) is 3. The van der Waals surface area contributed by atoms with Crippen LogP contribution in [0.4, 0.5) is 0 Å². The highest BCUT2D eigenvalue weighted by atomic mass is 16.7. The van der Waals surface area contributed by atoms with Crippen molar-refractivity contribution in [3.8, 4) is 6.07 Å². The van der Waals surface area contributed by atoms with E-state index in [0.29, 0.717) is 13.0 Å². The Bertz CT molecular complexity index is 209. The Morgan fingerprint density at radius 3 is 3.00 bits per heavy atom. The fourth-order valence-electron chi connectivity index (χ4n) is 1.64. The maximum absolute atomic E-state index is 8.70. The number of hydrogen-bond donors (Lipinski definition) is 0. The SMILES string of the molecule is CCCOCC(CC#N)OC1CCCCO1. The van der Waals surface area contributed by atoms with Crippen LogP contribution in [0.2, 0.25) is 0 Å². The summed E-state index contributed by atoms with van der Waals surface area (Å²) in [6.45, 7) is 4.03. The van der Waals surface area contributed by atoms with Gasteiger partial charge in [0.2, 0.25) is 0 Å². The van der Waals surface area contributed by atoms with E-state index in [9.17, 15) is 0 Å². The lowest BCUT2D eigenvalue weighted by molar-refractivity contribution is -0.196. The van der Waals surface area contributed by atoms with Crippen molar-refractivity contribution >= 4 is 0 Å². The Morgan fingerprint density at radius 1 is 1.50 bits per heavy atom. The van der Waals surface area contributed by atoms with E-state index in [4.69, 9.17) is 19.5 Å². The van der Waals surface area contributed by atoms with Crippen LogP contribution in [0.5, 0.6) is 0 Å². The largest absolute Gasteiger partial charge is 0.379 e. The van der Waals surface area contributed by atoms with Crippen LogP contribution in [0.3, 0.4) is 0 Å². The van der Waals surface area contributed by atoms with Gasteiger partial charge in [-0.3, -0.25) is 0 Å². The van der Waals surface area contributed by atoms with Crippen LogP contribution < -0.4 is 0 Å². The molecule has 0 aromatic rings. The summed E-state index contributed by atoms with van der Waals surface area (Å²) in [5.41, 5.74) is 0. The zero-order valence-corrected chi connectivity index (χ0v) is 9.98. The van der Waals surface area contributed by atoms with Crippen LogP contribution in [-0.2, 0) is 14.2 Å². The van der Waals surface area contributed by atoms with Gasteiger partial charge in [-0.1, -0.05) is 6.92 Å². The summed E-state index contributed by atoms with van der Waals surface area (Å²) in [6.07, 6.45) is 4.23. The lowest BCUT2D eigenvalue weighted by Gasteiger charge is -2.26. The van der Waals surface area contributed by atoms with E-state index >= 15 is 0 Å². The lowest BCUT2D eigenvalue weighted by Crippen LogP contribution is -2.30. The molecule has 16 heavy (non-hydrogen) atoms. The first-order valence-electron chi connectivity index (χ1n) is 6.08. The molecular weight excluding hydrogens is 206 g/mol. The Hall–Kier alpha value is -0.630. The molecule has 0 aromatic heterocycles. The van der Waals surface area contributed by atoms with Crippen molar-refractivity contribution in [2.75, 3.05) is 19.8 Å². The molecule has 0 spiro atoms. The maximum Gasteiger partial charge on any atom is 0.158 e. The third-order valence-electron chi connectivity index (χ3n) is 2.45. The molecule has 1 rings (SSSR count). The second-order valence-electron chi connectivity index (χ2n) is 3.99. The zero-order valence-electron chi connectivity index (χ0n) is 9.98. The van der Waals surface area contributed by atoms with Gasteiger partial charge in [-0.25, -0.2) is 0 Å². The van der Waals surface area contributed by atoms with Crippen LogP contribution in [-0.4, -0.2) is 32.2 Å². The minimum atomic E-state index is -0.153. The van der Waals surface area contributed by atoms with Gasteiger partial charge in [0.1, 0.15) is 0 Å². The fraction of sp³-hybridized carbons (Fsp3) is 0.917. The average Bonchev–Trinajstić information content (AvgIpc) is 2.31. The molecule has 0 radical (unpaired) electrons. The molecular formula is C12H21NO3. The van der Waals surface area contributed by atoms with Crippen molar-refractivity contribution in [1.82, 2.24) is 0 Å². The summed E-state index contributed by atoms with van der Waals surface area (Å²) in [4.78, 5) is 0. The number of nitrogens with zero attached hydrogens (tertiary/aromatic N) is 1. The summed E-state index contributed by atoms with van der Waals surface area (Å²) in [7, 11) is 0. The minimum absolute atomic E-state index is 0.141. The molecule has 0 aromatic carbocycles. The van der Waals surface area contributed by atoms with Gasteiger partial charge in [0.15, 0.2) is 6.29 Å². The number of nitriles is 1. The van der Waals surface area contributed by atoms with Gasteiger partial charge in [-0.05, 0) is 25.7 Å². The molecule has 92 valence electrons. The van der Waals surface area contributed by atoms with Crippen molar-refractivity contribution in [1.29, 1.82) is 5.26 Å². The summed E-state index contributed by atoms with van der Waals surface area (Å²) in [6, 6.07) is 2.12. The summed E-state index contributed by atoms with van der Waals surface area (Å²) in [5.74, 6) is 0. The van der Waals surface area contributed by atoms with Crippen LogP contribution in [0.15, 0.2) is 0 Å². The molecule has 1 fully saturated rings. The van der Waals surface area contributed by atoms with E-state index in [1.807, 2.05) is 0 Å². The van der Waals surface area contributed by atoms with Gasteiger partial charge in [0.25, 0.3) is 0 Å². The molecule has 2 unspecified atom stereocenters. The smallest absolute Gasteiger partial charge is 0.158 e. The molecule has 0 aliphatic carbocycles. The van der Waals surface area contributed by atoms with Crippen LogP contribution in [0.1, 0.15) is 39.0 Å². The minimum Gasteiger partial charge on any atom is -0.379 e. The molecule has 0 amide bonds. The van der Waals surface area contributed by atoms with Crippen LogP contribution >= 0.6 is 0 Å². The van der Waals surface area contributed by atoms with Crippen molar-refractivity contribution in [2.24, 2.45) is 0 Å².